The van der Waals surface area contributed by atoms with Crippen LogP contribution in [-0.4, -0.2) is 6.03 Å². The SMILES string of the molecule is Cc1ccc(CNC(=O)NC(C)c2ccc(C)o2)cc1. The number of furan rings is 1. The van der Waals surface area contributed by atoms with E-state index in [0.717, 1.165) is 17.1 Å². The van der Waals surface area contributed by atoms with Crippen molar-refractivity contribution >= 4 is 6.03 Å². The second-order valence-electron chi connectivity index (χ2n) is 4.98. The lowest BCUT2D eigenvalue weighted by Crippen LogP contribution is -2.36. The van der Waals surface area contributed by atoms with Gasteiger partial charge >= 0.3 is 6.03 Å². The second kappa shape index (κ2) is 6.28. The number of benzene rings is 1. The Morgan fingerprint density at radius 2 is 1.85 bits per heavy atom. The summed E-state index contributed by atoms with van der Waals surface area (Å²) in [5.41, 5.74) is 2.28. The van der Waals surface area contributed by atoms with E-state index >= 15 is 0 Å². The lowest BCUT2D eigenvalue weighted by Gasteiger charge is -2.12. The van der Waals surface area contributed by atoms with Crippen LogP contribution in [0.4, 0.5) is 4.79 Å². The largest absolute Gasteiger partial charge is 0.464 e. The minimum Gasteiger partial charge on any atom is -0.464 e. The minimum atomic E-state index is -0.202. The molecular formula is C16H20N2O2. The molecule has 0 aliphatic heterocycles. The van der Waals surface area contributed by atoms with Gasteiger partial charge in [-0.2, -0.15) is 0 Å². The fourth-order valence-corrected chi connectivity index (χ4v) is 1.89. The third-order valence-corrected chi connectivity index (χ3v) is 3.11. The monoisotopic (exact) mass is 272 g/mol. The van der Waals surface area contributed by atoms with E-state index in [-0.39, 0.29) is 12.1 Å². The molecule has 0 fully saturated rings. The average Bonchev–Trinajstić information content (AvgIpc) is 2.85. The van der Waals surface area contributed by atoms with Crippen molar-refractivity contribution in [3.63, 3.8) is 0 Å². The maximum atomic E-state index is 11.8. The van der Waals surface area contributed by atoms with Crippen molar-refractivity contribution in [2.75, 3.05) is 0 Å². The van der Waals surface area contributed by atoms with E-state index in [1.807, 2.05) is 57.2 Å². The number of amides is 2. The van der Waals surface area contributed by atoms with Crippen LogP contribution in [0.25, 0.3) is 0 Å². The third-order valence-electron chi connectivity index (χ3n) is 3.11. The summed E-state index contributed by atoms with van der Waals surface area (Å²) in [6, 6.07) is 11.5. The number of carbonyl (C=O) groups excluding carboxylic acids is 1. The molecule has 2 rings (SSSR count). The molecule has 1 aromatic carbocycles. The van der Waals surface area contributed by atoms with Crippen LogP contribution in [0.1, 0.15) is 35.6 Å². The molecule has 1 aromatic heterocycles. The molecule has 4 heteroatoms. The van der Waals surface area contributed by atoms with Crippen molar-refractivity contribution in [1.82, 2.24) is 10.6 Å². The molecule has 106 valence electrons. The molecule has 0 saturated carbocycles. The van der Waals surface area contributed by atoms with Crippen molar-refractivity contribution in [1.29, 1.82) is 0 Å². The molecule has 1 unspecified atom stereocenters. The van der Waals surface area contributed by atoms with Crippen molar-refractivity contribution in [2.45, 2.75) is 33.4 Å². The van der Waals surface area contributed by atoms with Gasteiger partial charge in [0.15, 0.2) is 0 Å². The Balaban J connectivity index is 1.82. The number of nitrogens with one attached hydrogen (secondary N) is 2. The van der Waals surface area contributed by atoms with Gasteiger partial charge in [-0.05, 0) is 38.5 Å². The van der Waals surface area contributed by atoms with E-state index in [9.17, 15) is 4.79 Å². The van der Waals surface area contributed by atoms with Crippen molar-refractivity contribution in [3.05, 3.63) is 59.0 Å². The van der Waals surface area contributed by atoms with Gasteiger partial charge in [0.1, 0.15) is 11.5 Å². The van der Waals surface area contributed by atoms with Gasteiger partial charge in [-0.15, -0.1) is 0 Å². The summed E-state index contributed by atoms with van der Waals surface area (Å²) < 4.78 is 5.48. The van der Waals surface area contributed by atoms with E-state index < -0.39 is 0 Å². The van der Waals surface area contributed by atoms with Crippen LogP contribution in [0.5, 0.6) is 0 Å². The first-order valence-electron chi connectivity index (χ1n) is 6.71. The Hall–Kier alpha value is -2.23. The van der Waals surface area contributed by atoms with Gasteiger partial charge in [-0.1, -0.05) is 29.8 Å². The lowest BCUT2D eigenvalue weighted by atomic mass is 10.1. The van der Waals surface area contributed by atoms with Gasteiger partial charge in [0.05, 0.1) is 6.04 Å². The topological polar surface area (TPSA) is 54.3 Å². The summed E-state index contributed by atoms with van der Waals surface area (Å²) in [5, 5.41) is 5.68. The molecular weight excluding hydrogens is 252 g/mol. The molecule has 0 radical (unpaired) electrons. The first-order valence-corrected chi connectivity index (χ1v) is 6.71. The predicted octanol–water partition coefficient (Wildman–Crippen LogP) is 3.46. The number of hydrogen-bond donors (Lipinski definition) is 2. The Morgan fingerprint density at radius 1 is 1.15 bits per heavy atom. The first-order chi connectivity index (χ1) is 9.54. The lowest BCUT2D eigenvalue weighted by molar-refractivity contribution is 0.235. The zero-order valence-electron chi connectivity index (χ0n) is 12.1. The van der Waals surface area contributed by atoms with Crippen LogP contribution >= 0.6 is 0 Å². The molecule has 2 amide bonds. The van der Waals surface area contributed by atoms with Crippen molar-refractivity contribution in [2.24, 2.45) is 0 Å². The Morgan fingerprint density at radius 3 is 2.45 bits per heavy atom. The summed E-state index contributed by atoms with van der Waals surface area (Å²) in [4.78, 5) is 11.8. The maximum absolute atomic E-state index is 11.8. The van der Waals surface area contributed by atoms with Gasteiger partial charge in [-0.3, -0.25) is 0 Å². The Labute approximate surface area is 119 Å². The average molecular weight is 272 g/mol. The van der Waals surface area contributed by atoms with Crippen LogP contribution in [0.3, 0.4) is 0 Å². The highest BCUT2D eigenvalue weighted by Crippen LogP contribution is 2.15. The highest BCUT2D eigenvalue weighted by atomic mass is 16.3. The van der Waals surface area contributed by atoms with E-state index in [1.54, 1.807) is 0 Å². The molecule has 20 heavy (non-hydrogen) atoms. The number of aryl methyl sites for hydroxylation is 2. The summed E-state index contributed by atoms with van der Waals surface area (Å²) in [5.74, 6) is 1.60. The molecule has 4 nitrogen and oxygen atoms in total. The summed E-state index contributed by atoms with van der Waals surface area (Å²) in [6.45, 7) is 6.32. The van der Waals surface area contributed by atoms with Gasteiger partial charge in [0, 0.05) is 6.54 Å². The smallest absolute Gasteiger partial charge is 0.315 e. The van der Waals surface area contributed by atoms with Crippen molar-refractivity contribution < 1.29 is 9.21 Å². The number of rotatable bonds is 4. The quantitative estimate of drug-likeness (QED) is 0.895. The number of urea groups is 1. The Kier molecular flexibility index (Phi) is 4.45. The van der Waals surface area contributed by atoms with Gasteiger partial charge < -0.3 is 15.1 Å². The van der Waals surface area contributed by atoms with Crippen molar-refractivity contribution in [3.8, 4) is 0 Å². The summed E-state index contributed by atoms with van der Waals surface area (Å²) >= 11 is 0. The zero-order valence-corrected chi connectivity index (χ0v) is 12.1. The van der Waals surface area contributed by atoms with E-state index in [0.29, 0.717) is 6.54 Å². The molecule has 1 heterocycles. The van der Waals surface area contributed by atoms with E-state index in [2.05, 4.69) is 10.6 Å². The zero-order chi connectivity index (χ0) is 14.5. The summed E-state index contributed by atoms with van der Waals surface area (Å²) in [7, 11) is 0. The van der Waals surface area contributed by atoms with Crippen LogP contribution in [0.2, 0.25) is 0 Å². The molecule has 1 atom stereocenters. The maximum Gasteiger partial charge on any atom is 0.315 e. The molecule has 2 aromatic rings. The fourth-order valence-electron chi connectivity index (χ4n) is 1.89. The van der Waals surface area contributed by atoms with Crippen LogP contribution in [-0.2, 0) is 6.54 Å². The predicted molar refractivity (Wildman–Crippen MR) is 78.4 cm³/mol. The van der Waals surface area contributed by atoms with E-state index in [4.69, 9.17) is 4.42 Å². The molecule has 2 N–H and O–H groups in total. The second-order valence-corrected chi connectivity index (χ2v) is 4.98. The fraction of sp³-hybridized carbons (Fsp3) is 0.312. The highest BCUT2D eigenvalue weighted by molar-refractivity contribution is 5.74. The van der Waals surface area contributed by atoms with Gasteiger partial charge in [0.2, 0.25) is 0 Å². The number of hydrogen-bond acceptors (Lipinski definition) is 2. The van der Waals surface area contributed by atoms with Crippen LogP contribution in [0.15, 0.2) is 40.8 Å². The standard InChI is InChI=1S/C16H20N2O2/c1-11-4-7-14(8-5-11)10-17-16(19)18-13(3)15-9-6-12(2)20-15/h4-9,13H,10H2,1-3H3,(H2,17,18,19). The van der Waals surface area contributed by atoms with Crippen LogP contribution in [0, 0.1) is 13.8 Å². The molecule has 0 spiro atoms. The number of carbonyl (C=O) groups is 1. The van der Waals surface area contributed by atoms with Gasteiger partial charge in [-0.25, -0.2) is 4.79 Å². The molecule has 0 saturated heterocycles. The normalized spacial score (nSPS) is 11.9. The van der Waals surface area contributed by atoms with Crippen LogP contribution < -0.4 is 10.6 Å². The van der Waals surface area contributed by atoms with E-state index in [1.165, 1.54) is 5.56 Å². The molecule has 0 aliphatic rings. The third kappa shape index (κ3) is 3.88. The minimum absolute atomic E-state index is 0.151. The first kappa shape index (κ1) is 14.2. The highest BCUT2D eigenvalue weighted by Gasteiger charge is 2.12. The Bertz CT molecular complexity index is 572. The summed E-state index contributed by atoms with van der Waals surface area (Å²) in [6.07, 6.45) is 0. The molecule has 0 aliphatic carbocycles. The molecule has 0 bridgehead atoms. The van der Waals surface area contributed by atoms with Gasteiger partial charge in [0.25, 0.3) is 0 Å².